The maximum atomic E-state index is 13.6. The van der Waals surface area contributed by atoms with Crippen molar-refractivity contribution in [2.24, 2.45) is 7.05 Å². The minimum atomic E-state index is -1.30. The molecule has 1 N–H and O–H groups in total. The van der Waals surface area contributed by atoms with Crippen LogP contribution in [0.15, 0.2) is 22.9 Å². The van der Waals surface area contributed by atoms with Crippen molar-refractivity contribution < 1.29 is 13.9 Å². The summed E-state index contributed by atoms with van der Waals surface area (Å²) in [5.41, 5.74) is -0.360. The van der Waals surface area contributed by atoms with Gasteiger partial charge in [-0.1, -0.05) is 15.9 Å². The number of rotatable bonds is 3. The van der Waals surface area contributed by atoms with Crippen LogP contribution in [-0.2, 0) is 13.5 Å². The van der Waals surface area contributed by atoms with Crippen LogP contribution in [0.4, 0.5) is 8.78 Å². The van der Waals surface area contributed by atoms with E-state index in [9.17, 15) is 13.9 Å². The molecule has 0 bridgehead atoms. The Morgan fingerprint density at radius 2 is 2.00 bits per heavy atom. The average molecular weight is 318 g/mol. The second kappa shape index (κ2) is 5.11. The van der Waals surface area contributed by atoms with Crippen LogP contribution in [0.5, 0.6) is 0 Å². The topological polar surface area (TPSA) is 50.9 Å². The highest BCUT2D eigenvalue weighted by atomic mass is 79.9. The molecule has 1 aromatic heterocycles. The van der Waals surface area contributed by atoms with Crippen LogP contribution in [0.1, 0.15) is 17.5 Å². The van der Waals surface area contributed by atoms with Gasteiger partial charge in [0.1, 0.15) is 23.8 Å². The Kier molecular flexibility index (Phi) is 3.72. The molecule has 18 heavy (non-hydrogen) atoms. The number of nitrogens with zero attached hydrogens (tertiary/aromatic N) is 3. The van der Waals surface area contributed by atoms with E-state index in [1.807, 2.05) is 0 Å². The lowest BCUT2D eigenvalue weighted by Crippen LogP contribution is -2.11. The number of aryl methyl sites for hydroxylation is 1. The average Bonchev–Trinajstić information content (AvgIpc) is 2.62. The predicted octanol–water partition coefficient (Wildman–Crippen LogP) is 2.13. The second-order valence-corrected chi connectivity index (χ2v) is 4.72. The van der Waals surface area contributed by atoms with Gasteiger partial charge in [0.25, 0.3) is 0 Å². The fraction of sp³-hybridized carbons (Fsp3) is 0.273. The summed E-state index contributed by atoms with van der Waals surface area (Å²) in [6.07, 6.45) is 0.00323. The van der Waals surface area contributed by atoms with Crippen molar-refractivity contribution in [3.8, 4) is 0 Å². The van der Waals surface area contributed by atoms with Crippen LogP contribution in [0.3, 0.4) is 0 Å². The zero-order valence-electron chi connectivity index (χ0n) is 9.44. The van der Waals surface area contributed by atoms with Crippen molar-refractivity contribution in [1.29, 1.82) is 0 Å². The van der Waals surface area contributed by atoms with Crippen LogP contribution >= 0.6 is 15.9 Å². The third-order valence-corrected chi connectivity index (χ3v) is 3.02. The first-order chi connectivity index (χ1) is 8.49. The molecule has 0 saturated carbocycles. The van der Waals surface area contributed by atoms with Gasteiger partial charge in [0.2, 0.25) is 0 Å². The lowest BCUT2D eigenvalue weighted by atomic mass is 10.0. The number of halogens is 3. The molecule has 0 fully saturated rings. The summed E-state index contributed by atoms with van der Waals surface area (Å²) in [4.78, 5) is 3.90. The Balaban J connectivity index is 2.29. The number of hydrogen-bond acceptors (Lipinski definition) is 3. The molecule has 0 aliphatic rings. The van der Waals surface area contributed by atoms with Gasteiger partial charge in [-0.3, -0.25) is 4.68 Å². The van der Waals surface area contributed by atoms with Gasteiger partial charge in [-0.25, -0.2) is 13.8 Å². The van der Waals surface area contributed by atoms with E-state index < -0.39 is 17.7 Å². The van der Waals surface area contributed by atoms with Gasteiger partial charge in [-0.2, -0.15) is 5.10 Å². The fourth-order valence-electron chi connectivity index (χ4n) is 1.65. The molecule has 0 saturated heterocycles. The van der Waals surface area contributed by atoms with E-state index in [4.69, 9.17) is 0 Å². The van der Waals surface area contributed by atoms with Crippen LogP contribution < -0.4 is 0 Å². The molecule has 0 amide bonds. The fourth-order valence-corrected chi connectivity index (χ4v) is 2.05. The van der Waals surface area contributed by atoms with Gasteiger partial charge in [-0.15, -0.1) is 0 Å². The van der Waals surface area contributed by atoms with Gasteiger partial charge in [0.15, 0.2) is 0 Å². The normalized spacial score (nSPS) is 12.7. The number of aliphatic hydroxyl groups is 1. The van der Waals surface area contributed by atoms with E-state index in [2.05, 4.69) is 26.0 Å². The molecule has 96 valence electrons. The number of aliphatic hydroxyl groups excluding tert-OH is 1. The molecule has 0 aliphatic heterocycles. The van der Waals surface area contributed by atoms with E-state index in [1.165, 1.54) is 11.0 Å². The lowest BCUT2D eigenvalue weighted by Gasteiger charge is -2.12. The van der Waals surface area contributed by atoms with Crippen LogP contribution in [0, 0.1) is 11.6 Å². The summed E-state index contributed by atoms with van der Waals surface area (Å²) < 4.78 is 29.0. The van der Waals surface area contributed by atoms with E-state index in [-0.39, 0.29) is 16.5 Å². The largest absolute Gasteiger partial charge is 0.388 e. The highest BCUT2D eigenvalue weighted by Crippen LogP contribution is 2.26. The van der Waals surface area contributed by atoms with Gasteiger partial charge in [0.05, 0.1) is 11.7 Å². The number of benzene rings is 1. The van der Waals surface area contributed by atoms with E-state index in [1.54, 1.807) is 7.05 Å². The van der Waals surface area contributed by atoms with Gasteiger partial charge >= 0.3 is 0 Å². The van der Waals surface area contributed by atoms with E-state index in [0.29, 0.717) is 5.82 Å². The van der Waals surface area contributed by atoms with Gasteiger partial charge in [0, 0.05) is 17.9 Å². The quantitative estimate of drug-likeness (QED) is 0.943. The SMILES string of the molecule is Cn1ncnc1CC(O)c1c(F)cc(Br)cc1F. The monoisotopic (exact) mass is 317 g/mol. The molecule has 1 atom stereocenters. The summed E-state index contributed by atoms with van der Waals surface area (Å²) in [6, 6.07) is 2.22. The predicted molar refractivity (Wildman–Crippen MR) is 63.7 cm³/mol. The summed E-state index contributed by atoms with van der Waals surface area (Å²) in [7, 11) is 1.64. The number of hydrogen-bond donors (Lipinski definition) is 1. The molecular weight excluding hydrogens is 308 g/mol. The molecule has 7 heteroatoms. The summed E-state index contributed by atoms with van der Waals surface area (Å²) in [5, 5.41) is 13.7. The highest BCUT2D eigenvalue weighted by molar-refractivity contribution is 9.10. The highest BCUT2D eigenvalue weighted by Gasteiger charge is 2.20. The lowest BCUT2D eigenvalue weighted by molar-refractivity contribution is 0.164. The zero-order chi connectivity index (χ0) is 13.3. The molecule has 1 heterocycles. The zero-order valence-corrected chi connectivity index (χ0v) is 11.0. The van der Waals surface area contributed by atoms with Crippen LogP contribution in [-0.4, -0.2) is 19.9 Å². The van der Waals surface area contributed by atoms with E-state index in [0.717, 1.165) is 12.1 Å². The summed E-state index contributed by atoms with van der Waals surface area (Å²) >= 11 is 2.98. The van der Waals surface area contributed by atoms with Crippen molar-refractivity contribution in [1.82, 2.24) is 14.8 Å². The maximum Gasteiger partial charge on any atom is 0.138 e. The molecule has 1 aromatic carbocycles. The van der Waals surface area contributed by atoms with Gasteiger partial charge in [-0.05, 0) is 12.1 Å². The van der Waals surface area contributed by atoms with Crippen molar-refractivity contribution >= 4 is 15.9 Å². The third-order valence-electron chi connectivity index (χ3n) is 2.56. The van der Waals surface area contributed by atoms with Crippen LogP contribution in [0.2, 0.25) is 0 Å². The first kappa shape index (κ1) is 13.1. The van der Waals surface area contributed by atoms with Crippen LogP contribution in [0.25, 0.3) is 0 Å². The minimum absolute atomic E-state index is 0.00796. The first-order valence-corrected chi connectivity index (χ1v) is 5.93. The minimum Gasteiger partial charge on any atom is -0.388 e. The molecule has 2 aromatic rings. The Morgan fingerprint density at radius 3 is 2.50 bits per heavy atom. The Morgan fingerprint density at radius 1 is 1.39 bits per heavy atom. The Labute approximate surface area is 110 Å². The van der Waals surface area contributed by atoms with Crippen molar-refractivity contribution in [3.05, 3.63) is 46.0 Å². The van der Waals surface area contributed by atoms with Crippen molar-refractivity contribution in [3.63, 3.8) is 0 Å². The Hall–Kier alpha value is -1.34. The molecule has 0 radical (unpaired) electrons. The standard InChI is InChI=1S/C11H10BrF2N3O/c1-17-10(15-5-16-17)4-9(18)11-7(13)2-6(12)3-8(11)14/h2-3,5,9,18H,4H2,1H3. The Bertz CT molecular complexity index is 550. The second-order valence-electron chi connectivity index (χ2n) is 3.80. The van der Waals surface area contributed by atoms with E-state index >= 15 is 0 Å². The molecular formula is C11H10BrF2N3O. The number of aromatic nitrogens is 3. The smallest absolute Gasteiger partial charge is 0.138 e. The third kappa shape index (κ3) is 2.56. The maximum absolute atomic E-state index is 13.6. The first-order valence-electron chi connectivity index (χ1n) is 5.14. The summed E-state index contributed by atoms with van der Waals surface area (Å²) in [5.74, 6) is -1.14. The van der Waals surface area contributed by atoms with Crippen molar-refractivity contribution in [2.45, 2.75) is 12.5 Å². The molecule has 1 unspecified atom stereocenters. The van der Waals surface area contributed by atoms with Crippen molar-refractivity contribution in [2.75, 3.05) is 0 Å². The summed E-state index contributed by atoms with van der Waals surface area (Å²) in [6.45, 7) is 0. The molecule has 0 spiro atoms. The van der Waals surface area contributed by atoms with Gasteiger partial charge < -0.3 is 5.11 Å². The molecule has 2 rings (SSSR count). The molecule has 0 aliphatic carbocycles. The molecule has 4 nitrogen and oxygen atoms in total.